The summed E-state index contributed by atoms with van der Waals surface area (Å²) in [6, 6.07) is 3.51. The molecule has 6 nitrogen and oxygen atoms in total. The molecule has 2 heterocycles. The van der Waals surface area contributed by atoms with Crippen molar-refractivity contribution in [3.63, 3.8) is 0 Å². The molecule has 0 aliphatic carbocycles. The first-order valence-electron chi connectivity index (χ1n) is 7.54. The van der Waals surface area contributed by atoms with Gasteiger partial charge in [-0.15, -0.1) is 0 Å². The Balaban J connectivity index is 1.93. The highest BCUT2D eigenvalue weighted by molar-refractivity contribution is 7.88. The third-order valence-corrected chi connectivity index (χ3v) is 5.42. The lowest BCUT2D eigenvalue weighted by atomic mass is 9.91. The van der Waals surface area contributed by atoms with Crippen LogP contribution in [0.1, 0.15) is 26.0 Å². The van der Waals surface area contributed by atoms with E-state index in [1.165, 1.54) is 10.6 Å². The van der Waals surface area contributed by atoms with Gasteiger partial charge in [0.1, 0.15) is 5.76 Å². The second-order valence-electron chi connectivity index (χ2n) is 6.24. The van der Waals surface area contributed by atoms with Crippen molar-refractivity contribution in [2.24, 2.45) is 11.8 Å². The molecular weight excluding hydrogens is 304 g/mol. The fourth-order valence-electron chi connectivity index (χ4n) is 2.86. The molecule has 1 aliphatic heterocycles. The minimum atomic E-state index is -3.22. The molecule has 1 aliphatic rings. The summed E-state index contributed by atoms with van der Waals surface area (Å²) in [5.74, 6) is 1.16. The predicted octanol–water partition coefficient (Wildman–Crippen LogP) is 1.24. The molecule has 1 aromatic rings. The van der Waals surface area contributed by atoms with Gasteiger partial charge >= 0.3 is 0 Å². The monoisotopic (exact) mass is 328 g/mol. The van der Waals surface area contributed by atoms with Gasteiger partial charge in [-0.3, -0.25) is 4.79 Å². The summed E-state index contributed by atoms with van der Waals surface area (Å²) < 4.78 is 30.1. The van der Waals surface area contributed by atoms with Crippen LogP contribution in [-0.4, -0.2) is 44.0 Å². The molecule has 0 spiro atoms. The number of furan rings is 1. The van der Waals surface area contributed by atoms with E-state index < -0.39 is 10.0 Å². The first-order chi connectivity index (χ1) is 10.3. The molecule has 0 aromatic carbocycles. The second kappa shape index (κ2) is 6.83. The van der Waals surface area contributed by atoms with Gasteiger partial charge in [0.05, 0.1) is 12.5 Å². The van der Waals surface area contributed by atoms with Crippen LogP contribution >= 0.6 is 0 Å². The van der Waals surface area contributed by atoms with Crippen LogP contribution in [0.5, 0.6) is 0 Å². The minimum Gasteiger partial charge on any atom is -0.469 e. The predicted molar refractivity (Wildman–Crippen MR) is 83.7 cm³/mol. The van der Waals surface area contributed by atoms with E-state index in [1.807, 2.05) is 6.07 Å². The van der Waals surface area contributed by atoms with Crippen molar-refractivity contribution >= 4 is 15.9 Å². The first kappa shape index (κ1) is 17.0. The van der Waals surface area contributed by atoms with Gasteiger partial charge in [-0.2, -0.15) is 4.31 Å². The van der Waals surface area contributed by atoms with Crippen LogP contribution in [0.4, 0.5) is 0 Å². The molecule has 1 saturated heterocycles. The number of sulfonamides is 1. The smallest absolute Gasteiger partial charge is 0.220 e. The van der Waals surface area contributed by atoms with Gasteiger partial charge in [0, 0.05) is 32.0 Å². The van der Waals surface area contributed by atoms with E-state index in [0.29, 0.717) is 31.8 Å². The molecule has 2 unspecified atom stereocenters. The summed E-state index contributed by atoms with van der Waals surface area (Å²) in [5.41, 5.74) is 0. The maximum atomic E-state index is 12.1. The number of aryl methyl sites for hydroxylation is 1. The van der Waals surface area contributed by atoms with Crippen molar-refractivity contribution in [1.82, 2.24) is 9.62 Å². The van der Waals surface area contributed by atoms with Crippen LogP contribution in [0.2, 0.25) is 0 Å². The summed E-state index contributed by atoms with van der Waals surface area (Å²) in [7, 11) is -3.22. The van der Waals surface area contributed by atoms with E-state index in [-0.39, 0.29) is 17.9 Å². The Hall–Kier alpha value is -1.34. The molecule has 22 heavy (non-hydrogen) atoms. The molecule has 1 aromatic heterocycles. The SMILES string of the molecule is CC(C)C1CN(S(C)(=O)=O)CC1NC(=O)CCc1ccco1. The van der Waals surface area contributed by atoms with Gasteiger partial charge in [0.25, 0.3) is 0 Å². The molecular formula is C15H24N2O4S. The van der Waals surface area contributed by atoms with Crippen LogP contribution < -0.4 is 5.32 Å². The molecule has 0 saturated carbocycles. The Labute approximate surface area is 131 Å². The fourth-order valence-corrected chi connectivity index (χ4v) is 3.74. The van der Waals surface area contributed by atoms with Gasteiger partial charge in [0.2, 0.25) is 15.9 Å². The van der Waals surface area contributed by atoms with E-state index >= 15 is 0 Å². The molecule has 0 radical (unpaired) electrons. The lowest BCUT2D eigenvalue weighted by molar-refractivity contribution is -0.122. The summed E-state index contributed by atoms with van der Waals surface area (Å²) in [4.78, 5) is 12.1. The third kappa shape index (κ3) is 4.33. The second-order valence-corrected chi connectivity index (χ2v) is 8.22. The summed E-state index contributed by atoms with van der Waals surface area (Å²) >= 11 is 0. The van der Waals surface area contributed by atoms with Crippen molar-refractivity contribution in [2.45, 2.75) is 32.7 Å². The van der Waals surface area contributed by atoms with Crippen LogP contribution in [0, 0.1) is 11.8 Å². The van der Waals surface area contributed by atoms with Gasteiger partial charge in [0.15, 0.2) is 0 Å². The highest BCUT2D eigenvalue weighted by Gasteiger charge is 2.39. The van der Waals surface area contributed by atoms with Gasteiger partial charge in [-0.05, 0) is 24.0 Å². The van der Waals surface area contributed by atoms with E-state index in [0.717, 1.165) is 5.76 Å². The molecule has 2 rings (SSSR count). The number of hydrogen-bond acceptors (Lipinski definition) is 4. The summed E-state index contributed by atoms with van der Waals surface area (Å²) in [5, 5.41) is 2.99. The van der Waals surface area contributed by atoms with E-state index in [1.54, 1.807) is 12.3 Å². The van der Waals surface area contributed by atoms with Crippen LogP contribution in [0.15, 0.2) is 22.8 Å². The van der Waals surface area contributed by atoms with Gasteiger partial charge in [-0.1, -0.05) is 13.8 Å². The number of amides is 1. The molecule has 124 valence electrons. The largest absolute Gasteiger partial charge is 0.469 e. The highest BCUT2D eigenvalue weighted by Crippen LogP contribution is 2.26. The Bertz CT molecular complexity index is 595. The van der Waals surface area contributed by atoms with Gasteiger partial charge in [-0.25, -0.2) is 8.42 Å². The molecule has 1 N–H and O–H groups in total. The third-order valence-electron chi connectivity index (χ3n) is 4.18. The van der Waals surface area contributed by atoms with Crippen LogP contribution in [0.3, 0.4) is 0 Å². The Kier molecular flexibility index (Phi) is 5.28. The van der Waals surface area contributed by atoms with Crippen molar-refractivity contribution in [1.29, 1.82) is 0 Å². The number of nitrogens with one attached hydrogen (secondary N) is 1. The van der Waals surface area contributed by atoms with E-state index in [2.05, 4.69) is 19.2 Å². The Morgan fingerprint density at radius 3 is 2.73 bits per heavy atom. The molecule has 2 atom stereocenters. The van der Waals surface area contributed by atoms with E-state index in [9.17, 15) is 13.2 Å². The normalized spacial score (nSPS) is 23.1. The maximum absolute atomic E-state index is 12.1. The van der Waals surface area contributed by atoms with Crippen molar-refractivity contribution in [3.05, 3.63) is 24.2 Å². The first-order valence-corrected chi connectivity index (χ1v) is 9.39. The standard InChI is InChI=1S/C15H24N2O4S/c1-11(2)13-9-17(22(3,19)20)10-14(13)16-15(18)7-6-12-5-4-8-21-12/h4-5,8,11,13-14H,6-7,9-10H2,1-3H3,(H,16,18). The summed E-state index contributed by atoms with van der Waals surface area (Å²) in [6.07, 6.45) is 3.69. The number of carbonyl (C=O) groups excluding carboxylic acids is 1. The van der Waals surface area contributed by atoms with Crippen molar-refractivity contribution < 1.29 is 17.6 Å². The zero-order valence-electron chi connectivity index (χ0n) is 13.3. The topological polar surface area (TPSA) is 79.6 Å². The molecule has 0 bridgehead atoms. The number of hydrogen-bond donors (Lipinski definition) is 1. The summed E-state index contributed by atoms with van der Waals surface area (Å²) in [6.45, 7) is 4.94. The molecule has 1 fully saturated rings. The quantitative estimate of drug-likeness (QED) is 0.852. The lowest BCUT2D eigenvalue weighted by Crippen LogP contribution is -2.42. The molecule has 1 amide bonds. The number of rotatable bonds is 6. The average Bonchev–Trinajstić information content (AvgIpc) is 3.04. The minimum absolute atomic E-state index is 0.0672. The van der Waals surface area contributed by atoms with Crippen molar-refractivity contribution in [3.8, 4) is 0 Å². The van der Waals surface area contributed by atoms with Crippen LogP contribution in [-0.2, 0) is 21.2 Å². The molecule has 7 heteroatoms. The fraction of sp³-hybridized carbons (Fsp3) is 0.667. The van der Waals surface area contributed by atoms with Crippen LogP contribution in [0.25, 0.3) is 0 Å². The number of nitrogens with zero attached hydrogens (tertiary/aromatic N) is 1. The zero-order valence-corrected chi connectivity index (χ0v) is 14.1. The highest BCUT2D eigenvalue weighted by atomic mass is 32.2. The average molecular weight is 328 g/mol. The van der Waals surface area contributed by atoms with Crippen molar-refractivity contribution in [2.75, 3.05) is 19.3 Å². The van der Waals surface area contributed by atoms with E-state index in [4.69, 9.17) is 4.42 Å². The Morgan fingerprint density at radius 1 is 1.45 bits per heavy atom. The lowest BCUT2D eigenvalue weighted by Gasteiger charge is -2.22. The Morgan fingerprint density at radius 2 is 2.18 bits per heavy atom. The maximum Gasteiger partial charge on any atom is 0.220 e. The zero-order chi connectivity index (χ0) is 16.3. The number of carbonyl (C=O) groups is 1. The van der Waals surface area contributed by atoms with Gasteiger partial charge < -0.3 is 9.73 Å².